The molecule has 0 unspecified atom stereocenters. The number of hydrogen-bond acceptors (Lipinski definition) is 12. The first-order valence-electron chi connectivity index (χ1n) is 23.1. The molecule has 10 N–H and O–H groups in total. The van der Waals surface area contributed by atoms with E-state index in [4.69, 9.17) is 15.6 Å². The molecule has 0 radical (unpaired) electrons. The van der Waals surface area contributed by atoms with Gasteiger partial charge in [0.1, 0.15) is 30.2 Å². The average Bonchev–Trinajstić information content (AvgIpc) is 3.80. The molecule has 4 rings (SSSR count). The van der Waals surface area contributed by atoms with Crippen molar-refractivity contribution < 1.29 is 66.2 Å². The molecule has 2 aromatic rings. The highest BCUT2D eigenvalue weighted by Gasteiger charge is 2.39. The fourth-order valence-electron chi connectivity index (χ4n) is 7.45. The normalized spacial score (nSPS) is 16.1. The zero-order chi connectivity index (χ0) is 52.5. The van der Waals surface area contributed by atoms with Gasteiger partial charge >= 0.3 is 12.1 Å². The molecule has 0 aromatic heterocycles. The second kappa shape index (κ2) is 26.7. The summed E-state index contributed by atoms with van der Waals surface area (Å²) in [7, 11) is 0. The summed E-state index contributed by atoms with van der Waals surface area (Å²) < 4.78 is 31.7. The highest BCUT2D eigenvalue weighted by atomic mass is 19.4. The van der Waals surface area contributed by atoms with Gasteiger partial charge in [-0.15, -0.1) is 0 Å². The summed E-state index contributed by atoms with van der Waals surface area (Å²) in [6, 6.07) is 6.25. The number of aliphatic carboxylic acids is 1. The van der Waals surface area contributed by atoms with Gasteiger partial charge in [-0.1, -0.05) is 70.0 Å². The van der Waals surface area contributed by atoms with Gasteiger partial charge in [-0.05, 0) is 64.9 Å². The van der Waals surface area contributed by atoms with Gasteiger partial charge in [-0.3, -0.25) is 43.2 Å². The number of anilines is 1. The Morgan fingerprint density at radius 1 is 0.743 bits per heavy atom. The Kier molecular flexibility index (Phi) is 21.9. The molecule has 384 valence electrons. The number of halogens is 3. The summed E-state index contributed by atoms with van der Waals surface area (Å²) in [4.78, 5) is 128. The molecule has 0 spiro atoms. The van der Waals surface area contributed by atoms with E-state index in [2.05, 4.69) is 37.2 Å². The Bertz CT molecular complexity index is 2260. The number of nitrogens with one attached hydrogen (secondary N) is 7. The standard InChI is InChI=1S/C45H63N9O9.C2HF3O2/c1-7-8-17-33(53-42(60)28(6)51-41(59)27(5)50-40(58)26(4)46)43(61)49-24-36(55)52-34(23-25(2)3)45(63)54-22-12-19-35(54)44(62)48-21-13-20-47-32-18-11-16-31-37(32)39(57)30-15-10-9-14-29(30)38(31)56;3-2(4,5)1(6)7/h9-11,14-16,18,25-28,33-35,47H,7-8,12-13,17,19-24,46H2,1-6H3,(H,48,62)(H,49,61)(H,50,58)(H,51,59)(H,52,55)(H,53,60);(H,6,7)/t26-,27-,28-,33-,34-,35-;/m0./s1. The van der Waals surface area contributed by atoms with Crippen molar-refractivity contribution in [2.45, 2.75) is 129 Å². The minimum Gasteiger partial charge on any atom is -0.475 e. The fraction of sp³-hybridized carbons (Fsp3) is 0.532. The van der Waals surface area contributed by atoms with Crippen molar-refractivity contribution in [3.05, 3.63) is 64.7 Å². The third-order valence-electron chi connectivity index (χ3n) is 11.2. The number of nitrogens with zero attached hydrogens (tertiary/aromatic N) is 1. The topological polar surface area (TPSA) is 304 Å². The summed E-state index contributed by atoms with van der Waals surface area (Å²) >= 11 is 0. The van der Waals surface area contributed by atoms with Gasteiger partial charge in [-0.2, -0.15) is 13.2 Å². The number of carbonyl (C=O) groups excluding carboxylic acids is 9. The lowest BCUT2D eigenvalue weighted by molar-refractivity contribution is -0.192. The molecule has 7 amide bonds. The quantitative estimate of drug-likeness (QED) is 0.0649. The molecule has 2 aliphatic rings. The lowest BCUT2D eigenvalue weighted by Gasteiger charge is -2.29. The summed E-state index contributed by atoms with van der Waals surface area (Å²) in [6.07, 6.45) is -1.73. The summed E-state index contributed by atoms with van der Waals surface area (Å²) in [6.45, 7) is 10.6. The number of ketones is 2. The number of unbranched alkanes of at least 4 members (excludes halogenated alkanes) is 1. The number of rotatable bonds is 22. The van der Waals surface area contributed by atoms with Gasteiger partial charge in [0, 0.05) is 42.0 Å². The number of alkyl halides is 3. The van der Waals surface area contributed by atoms with E-state index in [9.17, 15) is 56.3 Å². The Balaban J connectivity index is 0.00000171. The molecule has 0 saturated carbocycles. The van der Waals surface area contributed by atoms with Crippen LogP contribution >= 0.6 is 0 Å². The van der Waals surface area contributed by atoms with E-state index in [1.807, 2.05) is 20.8 Å². The first-order chi connectivity index (χ1) is 32.9. The van der Waals surface area contributed by atoms with E-state index in [1.165, 1.54) is 25.7 Å². The van der Waals surface area contributed by atoms with Crippen LogP contribution in [0.2, 0.25) is 0 Å². The monoisotopic (exact) mass is 987 g/mol. The van der Waals surface area contributed by atoms with Crippen LogP contribution in [0.1, 0.15) is 118 Å². The molecule has 6 atom stereocenters. The van der Waals surface area contributed by atoms with Crippen LogP contribution in [-0.2, 0) is 38.4 Å². The largest absolute Gasteiger partial charge is 0.490 e. The number of carbonyl (C=O) groups is 10. The van der Waals surface area contributed by atoms with Crippen molar-refractivity contribution in [3.63, 3.8) is 0 Å². The predicted octanol–water partition coefficient (Wildman–Crippen LogP) is 1.68. The Morgan fingerprint density at radius 2 is 1.33 bits per heavy atom. The maximum atomic E-state index is 13.9. The lowest BCUT2D eigenvalue weighted by Crippen LogP contribution is -2.57. The third-order valence-corrected chi connectivity index (χ3v) is 11.2. The molecule has 2 aromatic carbocycles. The molecular formula is C47H64F3N9O11. The van der Waals surface area contributed by atoms with Crippen LogP contribution in [0.4, 0.5) is 18.9 Å². The molecule has 1 saturated heterocycles. The van der Waals surface area contributed by atoms with Crippen molar-refractivity contribution >= 4 is 64.6 Å². The van der Waals surface area contributed by atoms with Crippen molar-refractivity contribution in [2.75, 3.05) is 31.5 Å². The van der Waals surface area contributed by atoms with E-state index in [0.29, 0.717) is 73.1 Å². The minimum atomic E-state index is -5.08. The molecule has 70 heavy (non-hydrogen) atoms. The van der Waals surface area contributed by atoms with Crippen LogP contribution in [0.3, 0.4) is 0 Å². The predicted molar refractivity (Wildman–Crippen MR) is 249 cm³/mol. The van der Waals surface area contributed by atoms with E-state index in [-0.39, 0.29) is 42.8 Å². The van der Waals surface area contributed by atoms with Gasteiger partial charge in [0.15, 0.2) is 11.6 Å². The Hall–Kier alpha value is -6.91. The van der Waals surface area contributed by atoms with E-state index < -0.39 is 90.4 Å². The van der Waals surface area contributed by atoms with Gasteiger partial charge in [0.2, 0.25) is 41.4 Å². The lowest BCUT2D eigenvalue weighted by atomic mass is 9.83. The zero-order valence-electron chi connectivity index (χ0n) is 40.0. The summed E-state index contributed by atoms with van der Waals surface area (Å²) in [5, 5.41) is 26.1. The number of nitrogens with two attached hydrogens (primary N) is 1. The van der Waals surface area contributed by atoms with Crippen molar-refractivity contribution in [3.8, 4) is 0 Å². The van der Waals surface area contributed by atoms with E-state index in [0.717, 1.165) is 0 Å². The molecule has 23 heteroatoms. The molecule has 1 heterocycles. The minimum absolute atomic E-state index is 0.00537. The van der Waals surface area contributed by atoms with Gasteiger partial charge in [-0.25, -0.2) is 4.79 Å². The SMILES string of the molecule is CCCC[C@H](NC(=O)[C@H](C)NC(=O)[C@H](C)NC(=O)[C@H](C)N)C(=O)NCC(=O)N[C@@H](CC(C)C)C(=O)N1CCC[C@H]1C(=O)NCCCNc1cccc2c1C(=O)c1ccccc1C2=O.O=C(O)C(F)(F)F. The first kappa shape index (κ1) is 57.4. The fourth-order valence-corrected chi connectivity index (χ4v) is 7.45. The first-order valence-corrected chi connectivity index (χ1v) is 23.1. The molecule has 0 bridgehead atoms. The summed E-state index contributed by atoms with van der Waals surface area (Å²) in [5.74, 6) is -7.00. The van der Waals surface area contributed by atoms with Crippen LogP contribution in [0, 0.1) is 5.92 Å². The molecule has 1 aliphatic carbocycles. The zero-order valence-corrected chi connectivity index (χ0v) is 40.0. The maximum absolute atomic E-state index is 13.9. The van der Waals surface area contributed by atoms with Gasteiger partial charge in [0.25, 0.3) is 0 Å². The average molecular weight is 988 g/mol. The summed E-state index contributed by atoms with van der Waals surface area (Å²) in [5.41, 5.74) is 7.47. The number of benzene rings is 2. The van der Waals surface area contributed by atoms with Crippen molar-refractivity contribution in [1.29, 1.82) is 0 Å². The van der Waals surface area contributed by atoms with Crippen molar-refractivity contribution in [1.82, 2.24) is 36.8 Å². The second-order valence-electron chi connectivity index (χ2n) is 17.4. The highest BCUT2D eigenvalue weighted by Crippen LogP contribution is 2.32. The second-order valence-corrected chi connectivity index (χ2v) is 17.4. The molecular weight excluding hydrogens is 924 g/mol. The molecule has 1 aliphatic heterocycles. The third kappa shape index (κ3) is 16.7. The highest BCUT2D eigenvalue weighted by molar-refractivity contribution is 6.30. The number of carboxylic acid groups (broad SMARTS) is 1. The molecule has 20 nitrogen and oxygen atoms in total. The number of likely N-dealkylation sites (tertiary alicyclic amines) is 1. The van der Waals surface area contributed by atoms with Gasteiger partial charge in [0.05, 0.1) is 18.2 Å². The van der Waals surface area contributed by atoms with Crippen LogP contribution in [0.25, 0.3) is 0 Å². The number of fused-ring (bicyclic) bond motifs is 2. The number of hydrogen-bond donors (Lipinski definition) is 9. The van der Waals surface area contributed by atoms with Crippen LogP contribution in [-0.4, -0.2) is 137 Å². The number of amides is 7. The number of carboxylic acids is 1. The smallest absolute Gasteiger partial charge is 0.475 e. The van der Waals surface area contributed by atoms with E-state index in [1.54, 1.807) is 42.5 Å². The van der Waals surface area contributed by atoms with Crippen LogP contribution < -0.4 is 43.0 Å². The molecule has 1 fully saturated rings. The Morgan fingerprint density at radius 3 is 1.91 bits per heavy atom. The van der Waals surface area contributed by atoms with E-state index >= 15 is 0 Å². The Labute approximate surface area is 403 Å². The van der Waals surface area contributed by atoms with Gasteiger partial charge < -0.3 is 53.0 Å². The van der Waals surface area contributed by atoms with Crippen LogP contribution in [0.5, 0.6) is 0 Å². The maximum Gasteiger partial charge on any atom is 0.490 e. The van der Waals surface area contributed by atoms with Crippen molar-refractivity contribution in [2.24, 2.45) is 11.7 Å². The van der Waals surface area contributed by atoms with Crippen LogP contribution in [0.15, 0.2) is 42.5 Å².